The summed E-state index contributed by atoms with van der Waals surface area (Å²) in [5.41, 5.74) is -0.115. The summed E-state index contributed by atoms with van der Waals surface area (Å²) in [6.45, 7) is 1.53. The van der Waals surface area contributed by atoms with Crippen molar-refractivity contribution in [3.8, 4) is 0 Å². The third-order valence-corrected chi connectivity index (χ3v) is 2.39. The topological polar surface area (TPSA) is 111 Å². The van der Waals surface area contributed by atoms with Crippen molar-refractivity contribution in [2.75, 3.05) is 0 Å². The smallest absolute Gasteiger partial charge is 0.344 e. The monoisotopic (exact) mass is 262 g/mol. The standard InChI is InChI=1S/C11H10N4O4/c1-7-10(15(17)18)9(14-19-7)11(16)13-6-8-4-2-3-5-12-8/h2-5H,6H2,1H3,(H,13,16). The van der Waals surface area contributed by atoms with E-state index in [1.807, 2.05) is 0 Å². The first kappa shape index (κ1) is 12.7. The number of aryl methyl sites for hydroxylation is 1. The zero-order valence-electron chi connectivity index (χ0n) is 9.99. The quantitative estimate of drug-likeness (QED) is 0.654. The van der Waals surface area contributed by atoms with E-state index in [1.165, 1.54) is 6.92 Å². The summed E-state index contributed by atoms with van der Waals surface area (Å²) in [5.74, 6) is -0.679. The van der Waals surface area contributed by atoms with Crippen molar-refractivity contribution < 1.29 is 14.2 Å². The molecule has 0 aliphatic rings. The van der Waals surface area contributed by atoms with Crippen LogP contribution in [0, 0.1) is 17.0 Å². The molecule has 98 valence electrons. The first-order valence-electron chi connectivity index (χ1n) is 5.38. The largest absolute Gasteiger partial charge is 0.353 e. The Morgan fingerprint density at radius 3 is 2.95 bits per heavy atom. The molecule has 2 heterocycles. The third-order valence-electron chi connectivity index (χ3n) is 2.39. The van der Waals surface area contributed by atoms with Gasteiger partial charge in [0.05, 0.1) is 17.2 Å². The molecular formula is C11H10N4O4. The molecule has 0 bridgehead atoms. The average Bonchev–Trinajstić information content (AvgIpc) is 2.79. The van der Waals surface area contributed by atoms with Gasteiger partial charge in [0, 0.05) is 13.1 Å². The minimum absolute atomic E-state index is 0.00649. The van der Waals surface area contributed by atoms with Crippen molar-refractivity contribution in [3.05, 3.63) is 51.7 Å². The highest BCUT2D eigenvalue weighted by atomic mass is 16.6. The van der Waals surface area contributed by atoms with E-state index in [4.69, 9.17) is 0 Å². The Balaban J connectivity index is 2.11. The number of amides is 1. The summed E-state index contributed by atoms with van der Waals surface area (Å²) in [7, 11) is 0. The highest BCUT2D eigenvalue weighted by Crippen LogP contribution is 2.22. The van der Waals surface area contributed by atoms with Crippen molar-refractivity contribution in [1.29, 1.82) is 0 Å². The molecule has 0 aromatic carbocycles. The Bertz CT molecular complexity index is 608. The van der Waals surface area contributed by atoms with E-state index in [0.717, 1.165) is 0 Å². The van der Waals surface area contributed by atoms with E-state index in [-0.39, 0.29) is 18.0 Å². The van der Waals surface area contributed by atoms with Crippen LogP contribution in [0.25, 0.3) is 0 Å². The molecule has 2 rings (SSSR count). The predicted octanol–water partition coefficient (Wildman–Crippen LogP) is 1.22. The van der Waals surface area contributed by atoms with Gasteiger partial charge in [-0.05, 0) is 12.1 Å². The predicted molar refractivity (Wildman–Crippen MR) is 63.3 cm³/mol. The van der Waals surface area contributed by atoms with Crippen LogP contribution in [0.1, 0.15) is 21.9 Å². The number of nitro groups is 1. The summed E-state index contributed by atoms with van der Waals surface area (Å²) in [6.07, 6.45) is 1.59. The van der Waals surface area contributed by atoms with Crippen molar-refractivity contribution in [1.82, 2.24) is 15.5 Å². The van der Waals surface area contributed by atoms with Gasteiger partial charge in [-0.1, -0.05) is 11.2 Å². The Morgan fingerprint density at radius 1 is 1.53 bits per heavy atom. The number of hydrogen-bond donors (Lipinski definition) is 1. The number of carbonyl (C=O) groups excluding carboxylic acids is 1. The summed E-state index contributed by atoms with van der Waals surface area (Å²) >= 11 is 0. The van der Waals surface area contributed by atoms with E-state index in [1.54, 1.807) is 24.4 Å². The maximum atomic E-state index is 11.8. The van der Waals surface area contributed by atoms with Crippen LogP contribution in [0.4, 0.5) is 5.69 Å². The molecule has 2 aromatic heterocycles. The van der Waals surface area contributed by atoms with Crippen LogP contribution in [-0.2, 0) is 6.54 Å². The van der Waals surface area contributed by atoms with Crippen molar-refractivity contribution in [2.45, 2.75) is 13.5 Å². The first-order chi connectivity index (χ1) is 9.09. The van der Waals surface area contributed by atoms with Gasteiger partial charge in [-0.15, -0.1) is 0 Å². The van der Waals surface area contributed by atoms with Gasteiger partial charge in [-0.25, -0.2) is 0 Å². The summed E-state index contributed by atoms with van der Waals surface area (Å²) in [6, 6.07) is 5.25. The molecule has 0 aliphatic heterocycles. The van der Waals surface area contributed by atoms with Crippen molar-refractivity contribution in [3.63, 3.8) is 0 Å². The normalized spacial score (nSPS) is 10.2. The lowest BCUT2D eigenvalue weighted by Crippen LogP contribution is -2.24. The highest BCUT2D eigenvalue weighted by Gasteiger charge is 2.29. The van der Waals surface area contributed by atoms with Crippen LogP contribution >= 0.6 is 0 Å². The first-order valence-corrected chi connectivity index (χ1v) is 5.38. The number of nitrogens with one attached hydrogen (secondary N) is 1. The summed E-state index contributed by atoms with van der Waals surface area (Å²) in [4.78, 5) is 25.9. The number of aromatic nitrogens is 2. The second-order valence-corrected chi connectivity index (χ2v) is 3.70. The second-order valence-electron chi connectivity index (χ2n) is 3.70. The van der Waals surface area contributed by atoms with E-state index in [2.05, 4.69) is 20.0 Å². The summed E-state index contributed by atoms with van der Waals surface area (Å²) in [5, 5.41) is 16.7. The van der Waals surface area contributed by atoms with E-state index in [0.29, 0.717) is 5.69 Å². The zero-order chi connectivity index (χ0) is 13.8. The number of nitrogens with zero attached hydrogens (tertiary/aromatic N) is 3. The lowest BCUT2D eigenvalue weighted by Gasteiger charge is -2.01. The van der Waals surface area contributed by atoms with Crippen LogP contribution in [0.3, 0.4) is 0 Å². The molecule has 0 saturated carbocycles. The van der Waals surface area contributed by atoms with Crippen molar-refractivity contribution >= 4 is 11.6 Å². The minimum atomic E-state index is -0.693. The van der Waals surface area contributed by atoms with Gasteiger partial charge in [0.1, 0.15) is 0 Å². The maximum Gasteiger partial charge on any atom is 0.344 e. The minimum Gasteiger partial charge on any atom is -0.353 e. The van der Waals surface area contributed by atoms with Crippen LogP contribution < -0.4 is 5.32 Å². The molecule has 0 fully saturated rings. The fraction of sp³-hybridized carbons (Fsp3) is 0.182. The van der Waals surface area contributed by atoms with E-state index >= 15 is 0 Å². The van der Waals surface area contributed by atoms with Crippen LogP contribution in [-0.4, -0.2) is 21.0 Å². The van der Waals surface area contributed by atoms with Crippen LogP contribution in [0.5, 0.6) is 0 Å². The average molecular weight is 262 g/mol. The van der Waals surface area contributed by atoms with Crippen molar-refractivity contribution in [2.24, 2.45) is 0 Å². The highest BCUT2D eigenvalue weighted by molar-refractivity contribution is 5.96. The Hall–Kier alpha value is -2.77. The van der Waals surface area contributed by atoms with Gasteiger partial charge >= 0.3 is 5.69 Å². The van der Waals surface area contributed by atoms with Gasteiger partial charge in [-0.2, -0.15) is 0 Å². The molecular weight excluding hydrogens is 252 g/mol. The van der Waals surface area contributed by atoms with Gasteiger partial charge in [0.2, 0.25) is 11.5 Å². The molecule has 0 radical (unpaired) electrons. The number of hydrogen-bond acceptors (Lipinski definition) is 6. The van der Waals surface area contributed by atoms with Gasteiger partial charge in [-0.3, -0.25) is 19.9 Å². The second kappa shape index (κ2) is 5.25. The molecule has 0 atom stereocenters. The molecule has 19 heavy (non-hydrogen) atoms. The number of carbonyl (C=O) groups is 1. The van der Waals surface area contributed by atoms with E-state index in [9.17, 15) is 14.9 Å². The molecule has 2 aromatic rings. The molecule has 8 heteroatoms. The molecule has 1 N–H and O–H groups in total. The molecule has 0 aliphatic carbocycles. The van der Waals surface area contributed by atoms with Gasteiger partial charge in [0.25, 0.3) is 5.91 Å². The van der Waals surface area contributed by atoms with Gasteiger partial charge < -0.3 is 9.84 Å². The van der Waals surface area contributed by atoms with E-state index < -0.39 is 16.5 Å². The maximum absolute atomic E-state index is 11.8. The lowest BCUT2D eigenvalue weighted by atomic mass is 10.3. The molecule has 1 amide bonds. The Morgan fingerprint density at radius 2 is 2.32 bits per heavy atom. The number of rotatable bonds is 4. The number of pyridine rings is 1. The Kier molecular flexibility index (Phi) is 3.51. The third kappa shape index (κ3) is 2.73. The van der Waals surface area contributed by atoms with Crippen LogP contribution in [0.2, 0.25) is 0 Å². The van der Waals surface area contributed by atoms with Gasteiger partial charge in [0.15, 0.2) is 0 Å². The fourth-order valence-electron chi connectivity index (χ4n) is 1.49. The zero-order valence-corrected chi connectivity index (χ0v) is 9.99. The fourth-order valence-corrected chi connectivity index (χ4v) is 1.49. The molecule has 0 saturated heterocycles. The summed E-state index contributed by atoms with van der Waals surface area (Å²) < 4.78 is 4.66. The molecule has 8 nitrogen and oxygen atoms in total. The molecule has 0 spiro atoms. The molecule has 0 unspecified atom stereocenters. The SMILES string of the molecule is Cc1onc(C(=O)NCc2ccccn2)c1[N+](=O)[O-]. The Labute approximate surface area is 107 Å². The van der Waals surface area contributed by atoms with Crippen LogP contribution in [0.15, 0.2) is 28.9 Å². The lowest BCUT2D eigenvalue weighted by molar-refractivity contribution is -0.386.